The molecule has 1 aliphatic heterocycles. The summed E-state index contributed by atoms with van der Waals surface area (Å²) >= 11 is 0. The molecule has 4 rings (SSSR count). The highest BCUT2D eigenvalue weighted by molar-refractivity contribution is 5.88. The Bertz CT molecular complexity index is 906. The number of amides is 1. The molecule has 0 saturated carbocycles. The van der Waals surface area contributed by atoms with Crippen LogP contribution in [0.25, 0.3) is 16.7 Å². The molecule has 2 aromatic heterocycles. The number of benzene rings is 1. The van der Waals surface area contributed by atoms with Gasteiger partial charge in [-0.2, -0.15) is 5.10 Å². The molecule has 128 valence electrons. The van der Waals surface area contributed by atoms with Gasteiger partial charge in [-0.3, -0.25) is 4.79 Å². The van der Waals surface area contributed by atoms with Gasteiger partial charge in [0, 0.05) is 12.6 Å². The maximum atomic E-state index is 11.6. The molecular weight excluding hydrogens is 316 g/mol. The zero-order chi connectivity index (χ0) is 17.4. The number of rotatable bonds is 3. The van der Waals surface area contributed by atoms with Crippen LogP contribution in [0.2, 0.25) is 0 Å². The van der Waals surface area contributed by atoms with Crippen LogP contribution in [0.4, 0.5) is 5.82 Å². The number of hydrogen-bond acceptors (Lipinski definition) is 5. The first-order chi connectivity index (χ1) is 12.1. The van der Waals surface area contributed by atoms with E-state index in [9.17, 15) is 4.79 Å². The summed E-state index contributed by atoms with van der Waals surface area (Å²) < 4.78 is 1.81. The number of hydrogen-bond donors (Lipinski definition) is 1. The van der Waals surface area contributed by atoms with E-state index in [-0.39, 0.29) is 17.9 Å². The van der Waals surface area contributed by atoms with Crippen LogP contribution in [0.3, 0.4) is 0 Å². The first-order valence-electron chi connectivity index (χ1n) is 8.45. The molecule has 7 nitrogen and oxygen atoms in total. The van der Waals surface area contributed by atoms with Crippen molar-refractivity contribution in [1.82, 2.24) is 19.7 Å². The number of aromatic nitrogens is 4. The number of carbonyl (C=O) groups is 1. The van der Waals surface area contributed by atoms with E-state index >= 15 is 0 Å². The van der Waals surface area contributed by atoms with Crippen LogP contribution in [0.5, 0.6) is 0 Å². The molecule has 7 heteroatoms. The molecule has 0 unspecified atom stereocenters. The topological polar surface area (TPSA) is 89.9 Å². The molecule has 25 heavy (non-hydrogen) atoms. The number of carbonyl (C=O) groups excluding carboxylic acids is 1. The normalized spacial score (nSPS) is 20.8. The fourth-order valence-corrected chi connectivity index (χ4v) is 3.45. The Morgan fingerprint density at radius 2 is 2.00 bits per heavy atom. The number of anilines is 1. The summed E-state index contributed by atoms with van der Waals surface area (Å²) in [5, 5.41) is 5.37. The molecule has 1 aliphatic rings. The van der Waals surface area contributed by atoms with E-state index in [1.54, 1.807) is 17.2 Å². The Morgan fingerprint density at radius 1 is 1.20 bits per heavy atom. The summed E-state index contributed by atoms with van der Waals surface area (Å²) in [5.74, 6) is 0.415. The van der Waals surface area contributed by atoms with Crippen molar-refractivity contribution in [2.45, 2.75) is 25.8 Å². The van der Waals surface area contributed by atoms with Crippen molar-refractivity contribution in [1.29, 1.82) is 0 Å². The molecule has 0 bridgehead atoms. The third-order valence-corrected chi connectivity index (χ3v) is 4.90. The Hall–Kier alpha value is -2.96. The van der Waals surface area contributed by atoms with Crippen molar-refractivity contribution in [3.8, 4) is 5.69 Å². The molecular formula is C18H20N6O. The largest absolute Gasteiger partial charge is 0.369 e. The van der Waals surface area contributed by atoms with Crippen LogP contribution in [-0.4, -0.2) is 38.2 Å². The minimum Gasteiger partial charge on any atom is -0.369 e. The molecule has 3 heterocycles. The van der Waals surface area contributed by atoms with Crippen molar-refractivity contribution in [2.75, 3.05) is 11.4 Å². The molecule has 0 radical (unpaired) electrons. The Morgan fingerprint density at radius 3 is 2.76 bits per heavy atom. The zero-order valence-electron chi connectivity index (χ0n) is 14.0. The average Bonchev–Trinajstić information content (AvgIpc) is 3.07. The minimum absolute atomic E-state index is 0.148. The van der Waals surface area contributed by atoms with Gasteiger partial charge in [0.15, 0.2) is 5.65 Å². The van der Waals surface area contributed by atoms with Gasteiger partial charge in [-0.25, -0.2) is 14.6 Å². The minimum atomic E-state index is -0.248. The van der Waals surface area contributed by atoms with Crippen LogP contribution < -0.4 is 10.6 Å². The lowest BCUT2D eigenvalue weighted by atomic mass is 9.93. The van der Waals surface area contributed by atoms with E-state index in [4.69, 9.17) is 5.73 Å². The van der Waals surface area contributed by atoms with Gasteiger partial charge in [0.1, 0.15) is 12.1 Å². The number of primary amides is 1. The average molecular weight is 336 g/mol. The van der Waals surface area contributed by atoms with Crippen molar-refractivity contribution < 1.29 is 4.79 Å². The number of nitrogens with two attached hydrogens (primary N) is 1. The Labute approximate surface area is 145 Å². The van der Waals surface area contributed by atoms with Crippen molar-refractivity contribution in [3.05, 3.63) is 42.9 Å². The third kappa shape index (κ3) is 2.71. The molecule has 3 aromatic rings. The van der Waals surface area contributed by atoms with E-state index in [0.29, 0.717) is 6.54 Å². The van der Waals surface area contributed by atoms with Gasteiger partial charge in [-0.1, -0.05) is 18.2 Å². The second-order valence-corrected chi connectivity index (χ2v) is 6.50. The highest BCUT2D eigenvalue weighted by Gasteiger charge is 2.30. The quantitative estimate of drug-likeness (QED) is 0.789. The third-order valence-electron chi connectivity index (χ3n) is 4.90. The molecule has 1 amide bonds. The van der Waals surface area contributed by atoms with Crippen LogP contribution >= 0.6 is 0 Å². The highest BCUT2D eigenvalue weighted by Crippen LogP contribution is 2.31. The second-order valence-electron chi connectivity index (χ2n) is 6.50. The summed E-state index contributed by atoms with van der Waals surface area (Å²) in [6.07, 6.45) is 5.08. The van der Waals surface area contributed by atoms with Crippen molar-refractivity contribution in [2.24, 2.45) is 11.7 Å². The van der Waals surface area contributed by atoms with E-state index in [0.717, 1.165) is 35.4 Å². The number of fused-ring (bicyclic) bond motifs is 1. The predicted octanol–water partition coefficient (Wildman–Crippen LogP) is 1.91. The van der Waals surface area contributed by atoms with Gasteiger partial charge in [-0.05, 0) is 31.9 Å². The first kappa shape index (κ1) is 15.6. The van der Waals surface area contributed by atoms with E-state index < -0.39 is 0 Å². The van der Waals surface area contributed by atoms with Crippen LogP contribution in [0.1, 0.15) is 19.8 Å². The Kier molecular flexibility index (Phi) is 3.83. The maximum absolute atomic E-state index is 11.6. The molecule has 1 saturated heterocycles. The first-order valence-corrected chi connectivity index (χ1v) is 8.45. The summed E-state index contributed by atoms with van der Waals surface area (Å²) in [4.78, 5) is 22.7. The summed E-state index contributed by atoms with van der Waals surface area (Å²) in [6, 6.07) is 10.2. The highest BCUT2D eigenvalue weighted by atomic mass is 16.1. The van der Waals surface area contributed by atoms with E-state index in [1.807, 2.05) is 30.3 Å². The lowest BCUT2D eigenvalue weighted by Gasteiger charge is -2.37. The molecule has 2 atom stereocenters. The molecule has 0 aliphatic carbocycles. The summed E-state index contributed by atoms with van der Waals surface area (Å²) in [6.45, 7) is 2.73. The SMILES string of the molecule is C[C@H]1CC[C@H](C(N)=O)CN1c1ncnc2c1cnn2-c1ccccc1. The van der Waals surface area contributed by atoms with Crippen LogP contribution in [0, 0.1) is 5.92 Å². The lowest BCUT2D eigenvalue weighted by Crippen LogP contribution is -2.46. The van der Waals surface area contributed by atoms with E-state index in [1.165, 1.54) is 0 Å². The van der Waals surface area contributed by atoms with Crippen molar-refractivity contribution in [3.63, 3.8) is 0 Å². The maximum Gasteiger partial charge on any atom is 0.222 e. The fraction of sp³-hybridized carbons (Fsp3) is 0.333. The lowest BCUT2D eigenvalue weighted by molar-refractivity contribution is -0.122. The summed E-state index contributed by atoms with van der Waals surface area (Å²) in [5.41, 5.74) is 7.23. The molecule has 0 spiro atoms. The van der Waals surface area contributed by atoms with Gasteiger partial charge < -0.3 is 10.6 Å². The van der Waals surface area contributed by atoms with Gasteiger partial charge >= 0.3 is 0 Å². The smallest absolute Gasteiger partial charge is 0.222 e. The fourth-order valence-electron chi connectivity index (χ4n) is 3.45. The molecule has 1 aromatic carbocycles. The van der Waals surface area contributed by atoms with Gasteiger partial charge in [0.2, 0.25) is 5.91 Å². The standard InChI is InChI=1S/C18H20N6O/c1-12-7-8-13(16(19)25)10-23(12)17-15-9-22-24(18(15)21-11-20-17)14-5-3-2-4-6-14/h2-6,9,11-13H,7-8,10H2,1H3,(H2,19,25)/t12-,13-/m0/s1. The predicted molar refractivity (Wildman–Crippen MR) is 95.4 cm³/mol. The Balaban J connectivity index is 1.78. The monoisotopic (exact) mass is 336 g/mol. The van der Waals surface area contributed by atoms with Crippen LogP contribution in [-0.2, 0) is 4.79 Å². The van der Waals surface area contributed by atoms with Gasteiger partial charge in [0.25, 0.3) is 0 Å². The van der Waals surface area contributed by atoms with Crippen molar-refractivity contribution >= 4 is 22.8 Å². The second kappa shape index (κ2) is 6.16. The van der Waals surface area contributed by atoms with Crippen LogP contribution in [0.15, 0.2) is 42.9 Å². The summed E-state index contributed by atoms with van der Waals surface area (Å²) in [7, 11) is 0. The zero-order valence-corrected chi connectivity index (χ0v) is 14.0. The molecule has 1 fully saturated rings. The number of nitrogens with zero attached hydrogens (tertiary/aromatic N) is 5. The number of piperidine rings is 1. The molecule has 2 N–H and O–H groups in total. The number of para-hydroxylation sites is 1. The van der Waals surface area contributed by atoms with Gasteiger partial charge in [0.05, 0.1) is 23.2 Å². The van der Waals surface area contributed by atoms with E-state index in [2.05, 4.69) is 26.9 Å². The van der Waals surface area contributed by atoms with Gasteiger partial charge in [-0.15, -0.1) is 0 Å².